The van der Waals surface area contributed by atoms with Gasteiger partial charge in [-0.25, -0.2) is 0 Å². The minimum atomic E-state index is -0.460. The first-order valence-electron chi connectivity index (χ1n) is 16.1. The van der Waals surface area contributed by atoms with Gasteiger partial charge in [-0.15, -0.1) is 0 Å². The Kier molecular flexibility index (Phi) is 8.76. The predicted octanol–water partition coefficient (Wildman–Crippen LogP) is 1.48. The summed E-state index contributed by atoms with van der Waals surface area (Å²) in [4.78, 5) is 29.5. The molecule has 9 heteroatoms. The second-order valence-electron chi connectivity index (χ2n) is 13.6. The van der Waals surface area contributed by atoms with Crippen LogP contribution in [0.5, 0.6) is 0 Å². The summed E-state index contributed by atoms with van der Waals surface area (Å²) in [5, 5.41) is 5.70. The number of piperidine rings is 2. The van der Waals surface area contributed by atoms with Crippen LogP contribution in [-0.4, -0.2) is 99.8 Å². The molecular weight excluding hydrogens is 510 g/mol. The maximum absolute atomic E-state index is 14.2. The summed E-state index contributed by atoms with van der Waals surface area (Å²) in [7, 11) is 5.27. The number of quaternary nitrogens is 1. The van der Waals surface area contributed by atoms with Crippen molar-refractivity contribution in [1.82, 2.24) is 10.2 Å². The Bertz CT molecular complexity index is 920. The lowest BCUT2D eigenvalue weighted by Crippen LogP contribution is -2.99. The fraction of sp³-hybridized carbons (Fsp3) is 0.935. The summed E-state index contributed by atoms with van der Waals surface area (Å²) in [5.41, 5.74) is 0. The van der Waals surface area contributed by atoms with E-state index in [1.54, 1.807) is 21.3 Å². The van der Waals surface area contributed by atoms with Crippen molar-refractivity contribution in [3.8, 4) is 0 Å². The number of nitrogens with two attached hydrogens (primary N) is 1. The van der Waals surface area contributed by atoms with Gasteiger partial charge in [-0.1, -0.05) is 6.42 Å². The normalized spacial score (nSPS) is 45.3. The number of nitrogens with one attached hydrogen (secondary N) is 1. The first-order chi connectivity index (χ1) is 19.4. The van der Waals surface area contributed by atoms with E-state index < -0.39 is 6.10 Å². The molecule has 3 aliphatic carbocycles. The van der Waals surface area contributed by atoms with Crippen molar-refractivity contribution in [2.24, 2.45) is 29.6 Å². The predicted molar refractivity (Wildman–Crippen MR) is 148 cm³/mol. The first-order valence-corrected chi connectivity index (χ1v) is 16.1. The van der Waals surface area contributed by atoms with Gasteiger partial charge < -0.3 is 34.5 Å². The minimum Gasteiger partial charge on any atom is -0.381 e. The fourth-order valence-corrected chi connectivity index (χ4v) is 10.0. The molecule has 0 aromatic heterocycles. The number of hydrogen-bond donors (Lipinski definition) is 2. The van der Waals surface area contributed by atoms with Crippen LogP contribution in [0.3, 0.4) is 0 Å². The zero-order valence-corrected chi connectivity index (χ0v) is 25.0. The zero-order chi connectivity index (χ0) is 28.0. The van der Waals surface area contributed by atoms with E-state index >= 15 is 0 Å². The SMILES string of the molecule is COC1CCCC(CNC(=O)C(C)OC2CCC3C(C2)C2CC[NH2+]C4C5CCC(OC)C(OC)C5C(=O)N3C24)C1. The molecule has 0 bridgehead atoms. The van der Waals surface area contributed by atoms with Gasteiger partial charge in [-0.3, -0.25) is 9.59 Å². The Balaban J connectivity index is 1.09. The smallest absolute Gasteiger partial charge is 0.248 e. The van der Waals surface area contributed by atoms with Crippen molar-refractivity contribution in [1.29, 1.82) is 0 Å². The molecular formula is C31H52N3O6+. The van der Waals surface area contributed by atoms with Crippen molar-refractivity contribution in [3.63, 3.8) is 0 Å². The topological polar surface area (TPSA) is 103 Å². The molecule has 40 heavy (non-hydrogen) atoms. The van der Waals surface area contributed by atoms with E-state index in [1.807, 2.05) is 6.92 Å². The molecule has 2 amide bonds. The molecule has 13 atom stereocenters. The van der Waals surface area contributed by atoms with Crippen LogP contribution >= 0.6 is 0 Å². The number of fused-ring (bicyclic) bond motifs is 5. The van der Waals surface area contributed by atoms with Gasteiger partial charge in [0.25, 0.3) is 0 Å². The molecule has 3 saturated carbocycles. The fourth-order valence-electron chi connectivity index (χ4n) is 10.0. The van der Waals surface area contributed by atoms with E-state index in [1.165, 1.54) is 0 Å². The van der Waals surface area contributed by atoms with Gasteiger partial charge >= 0.3 is 0 Å². The lowest BCUT2D eigenvalue weighted by molar-refractivity contribution is -0.713. The highest BCUT2D eigenvalue weighted by Gasteiger charge is 2.66. The van der Waals surface area contributed by atoms with E-state index in [0.717, 1.165) is 70.8 Å². The Labute approximate surface area is 239 Å². The van der Waals surface area contributed by atoms with Gasteiger partial charge in [-0.05, 0) is 76.0 Å². The molecule has 226 valence electrons. The third-order valence-corrected chi connectivity index (χ3v) is 11.8. The van der Waals surface area contributed by atoms with Crippen LogP contribution in [0, 0.1) is 29.6 Å². The molecule has 6 aliphatic rings. The second kappa shape index (κ2) is 12.2. The summed E-state index contributed by atoms with van der Waals surface area (Å²) in [6.45, 7) is 3.73. The molecule has 9 nitrogen and oxygen atoms in total. The van der Waals surface area contributed by atoms with Crippen LogP contribution in [0.1, 0.15) is 71.1 Å². The van der Waals surface area contributed by atoms with E-state index in [-0.39, 0.29) is 36.2 Å². The Morgan fingerprint density at radius 2 is 1.80 bits per heavy atom. The number of amides is 2. The number of rotatable bonds is 8. The van der Waals surface area contributed by atoms with Gasteiger partial charge in [0.2, 0.25) is 11.8 Å². The molecule has 3 aliphatic heterocycles. The molecule has 6 fully saturated rings. The molecule has 3 saturated heterocycles. The number of methoxy groups -OCH3 is 3. The van der Waals surface area contributed by atoms with E-state index in [4.69, 9.17) is 18.9 Å². The van der Waals surface area contributed by atoms with Gasteiger partial charge in [0, 0.05) is 46.3 Å². The van der Waals surface area contributed by atoms with Gasteiger partial charge in [0.15, 0.2) is 0 Å². The van der Waals surface area contributed by atoms with E-state index in [2.05, 4.69) is 15.5 Å². The average molecular weight is 563 g/mol. The number of carbonyl (C=O) groups is 2. The lowest BCUT2D eigenvalue weighted by Gasteiger charge is -2.53. The molecule has 0 spiro atoms. The van der Waals surface area contributed by atoms with Gasteiger partial charge in [0.1, 0.15) is 12.1 Å². The zero-order valence-electron chi connectivity index (χ0n) is 25.0. The Morgan fingerprint density at radius 3 is 2.58 bits per heavy atom. The highest BCUT2D eigenvalue weighted by molar-refractivity contribution is 5.82. The van der Waals surface area contributed by atoms with Gasteiger partial charge in [-0.2, -0.15) is 0 Å². The second-order valence-corrected chi connectivity index (χ2v) is 13.6. The highest BCUT2D eigenvalue weighted by atomic mass is 16.5. The summed E-state index contributed by atoms with van der Waals surface area (Å²) in [6, 6.07) is 1.05. The van der Waals surface area contributed by atoms with Crippen molar-refractivity contribution < 1.29 is 33.9 Å². The number of hydrogen-bond acceptors (Lipinski definition) is 6. The quantitative estimate of drug-likeness (QED) is 0.465. The molecule has 3 heterocycles. The largest absolute Gasteiger partial charge is 0.381 e. The van der Waals surface area contributed by atoms with Crippen molar-refractivity contribution >= 4 is 11.8 Å². The summed E-state index contributed by atoms with van der Waals surface area (Å²) < 4.78 is 23.7. The third-order valence-electron chi connectivity index (χ3n) is 11.8. The van der Waals surface area contributed by atoms with E-state index in [9.17, 15) is 9.59 Å². The Morgan fingerprint density at radius 1 is 0.950 bits per heavy atom. The van der Waals surface area contributed by atoms with Gasteiger partial charge in [0.05, 0.1) is 42.9 Å². The molecule has 0 aromatic carbocycles. The molecule has 0 aromatic rings. The molecule has 3 N–H and O–H groups in total. The summed E-state index contributed by atoms with van der Waals surface area (Å²) in [6.07, 6.45) is 10.2. The van der Waals surface area contributed by atoms with Crippen LogP contribution < -0.4 is 10.6 Å². The van der Waals surface area contributed by atoms with E-state index in [0.29, 0.717) is 54.3 Å². The van der Waals surface area contributed by atoms with Crippen LogP contribution in [0.15, 0.2) is 0 Å². The molecule has 13 unspecified atom stereocenters. The minimum absolute atomic E-state index is 0.00427. The van der Waals surface area contributed by atoms with Crippen LogP contribution in [0.25, 0.3) is 0 Å². The standard InChI is InChI=1S/C31H51N3O6/c1-17(30(35)33-16-18-6-5-7-19(14-18)37-2)40-20-8-10-24-23(15-20)21-12-13-32-27-22-9-11-25(38-3)29(39-4)26(22)31(36)34(24)28(21)27/h17-29,32H,5-16H2,1-4H3,(H,33,35)/p+1. The summed E-state index contributed by atoms with van der Waals surface area (Å²) in [5.74, 6) is 2.00. The number of carbonyl (C=O) groups excluding carboxylic acids is 2. The monoisotopic (exact) mass is 562 g/mol. The number of nitrogens with zero attached hydrogens (tertiary/aromatic N) is 1. The first kappa shape index (κ1) is 28.8. The van der Waals surface area contributed by atoms with Crippen molar-refractivity contribution in [2.45, 2.75) is 120 Å². The highest BCUT2D eigenvalue weighted by Crippen LogP contribution is 2.53. The number of ether oxygens (including phenoxy) is 4. The van der Waals surface area contributed by atoms with Crippen LogP contribution in [-0.2, 0) is 28.5 Å². The third kappa shape index (κ3) is 5.12. The maximum atomic E-state index is 14.2. The van der Waals surface area contributed by atoms with Crippen LogP contribution in [0.4, 0.5) is 0 Å². The lowest BCUT2D eigenvalue weighted by atomic mass is 9.64. The average Bonchev–Trinajstić information content (AvgIpc) is 3.32. The van der Waals surface area contributed by atoms with Crippen LogP contribution in [0.2, 0.25) is 0 Å². The summed E-state index contributed by atoms with van der Waals surface area (Å²) >= 11 is 0. The molecule has 6 rings (SSSR count). The Hall–Kier alpha value is -1.26. The molecule has 0 radical (unpaired) electrons. The maximum Gasteiger partial charge on any atom is 0.248 e. The van der Waals surface area contributed by atoms with Crippen molar-refractivity contribution in [2.75, 3.05) is 34.4 Å². The van der Waals surface area contributed by atoms with Crippen molar-refractivity contribution in [3.05, 3.63) is 0 Å².